The molecular weight excluding hydrogens is 334 g/mol. The minimum absolute atomic E-state index is 0.339. The maximum absolute atomic E-state index is 12.7. The maximum Gasteiger partial charge on any atom is 0.253 e. The molecule has 0 aliphatic rings. The standard InChI is InChI=1S/C20H25NO5/c1-20(2,3)26-25-19(14-9-7-6-8-10-14)21-18(22)15-11-16(23-4)13-17(12-15)24-5/h6-13,19H,1-5H3,(H,21,22)/t19-/m0/s1. The molecule has 0 bridgehead atoms. The average Bonchev–Trinajstić information content (AvgIpc) is 2.64. The Labute approximate surface area is 154 Å². The first kappa shape index (κ1) is 19.8. The normalized spacial score (nSPS) is 12.3. The Morgan fingerprint density at radius 1 is 0.962 bits per heavy atom. The number of carbonyl (C=O) groups excluding carboxylic acids is 1. The number of methoxy groups -OCH3 is 2. The summed E-state index contributed by atoms with van der Waals surface area (Å²) in [6.07, 6.45) is -0.764. The van der Waals surface area contributed by atoms with Gasteiger partial charge >= 0.3 is 0 Å². The fraction of sp³-hybridized carbons (Fsp3) is 0.350. The molecule has 1 atom stereocenters. The van der Waals surface area contributed by atoms with Crippen LogP contribution in [0.3, 0.4) is 0 Å². The van der Waals surface area contributed by atoms with Crippen molar-refractivity contribution < 1.29 is 24.0 Å². The summed E-state index contributed by atoms with van der Waals surface area (Å²) >= 11 is 0. The highest BCUT2D eigenvalue weighted by atomic mass is 17.2. The number of rotatable bonds is 7. The van der Waals surface area contributed by atoms with E-state index in [-0.39, 0.29) is 5.91 Å². The van der Waals surface area contributed by atoms with Crippen LogP contribution in [-0.2, 0) is 9.78 Å². The molecule has 1 amide bonds. The van der Waals surface area contributed by atoms with Gasteiger partial charge in [-0.05, 0) is 32.9 Å². The lowest BCUT2D eigenvalue weighted by Gasteiger charge is -2.24. The molecule has 0 heterocycles. The first-order valence-corrected chi connectivity index (χ1v) is 8.26. The van der Waals surface area contributed by atoms with Crippen molar-refractivity contribution in [3.8, 4) is 11.5 Å². The number of amides is 1. The molecule has 0 aromatic heterocycles. The molecular formula is C20H25NO5. The second-order valence-electron chi connectivity index (χ2n) is 6.66. The number of ether oxygens (including phenoxy) is 2. The van der Waals surface area contributed by atoms with Crippen LogP contribution in [0.2, 0.25) is 0 Å². The molecule has 2 aromatic carbocycles. The number of carbonyl (C=O) groups is 1. The first-order valence-electron chi connectivity index (χ1n) is 8.26. The van der Waals surface area contributed by atoms with E-state index in [1.54, 1.807) is 18.2 Å². The summed E-state index contributed by atoms with van der Waals surface area (Å²) in [6, 6.07) is 14.3. The van der Waals surface area contributed by atoms with Crippen LogP contribution in [0.25, 0.3) is 0 Å². The number of nitrogens with one attached hydrogen (secondary N) is 1. The van der Waals surface area contributed by atoms with Crippen molar-refractivity contribution in [2.75, 3.05) is 14.2 Å². The van der Waals surface area contributed by atoms with Crippen molar-refractivity contribution in [2.24, 2.45) is 0 Å². The number of hydrogen-bond acceptors (Lipinski definition) is 5. The summed E-state index contributed by atoms with van der Waals surface area (Å²) in [5.74, 6) is 0.712. The molecule has 26 heavy (non-hydrogen) atoms. The van der Waals surface area contributed by atoms with Crippen LogP contribution in [0, 0.1) is 0 Å². The second-order valence-corrected chi connectivity index (χ2v) is 6.66. The van der Waals surface area contributed by atoms with Gasteiger partial charge in [-0.15, -0.1) is 0 Å². The molecule has 2 aromatic rings. The number of benzene rings is 2. The minimum Gasteiger partial charge on any atom is -0.497 e. The molecule has 140 valence electrons. The summed E-state index contributed by atoms with van der Waals surface area (Å²) in [7, 11) is 3.06. The molecule has 6 heteroatoms. The quantitative estimate of drug-likeness (QED) is 0.462. The second kappa shape index (κ2) is 8.69. The van der Waals surface area contributed by atoms with Crippen molar-refractivity contribution in [3.05, 3.63) is 59.7 Å². The SMILES string of the molecule is COc1cc(OC)cc(C(=O)N[C@@H](OOC(C)(C)C)c2ccccc2)c1. The number of hydrogen-bond donors (Lipinski definition) is 1. The van der Waals surface area contributed by atoms with Crippen molar-refractivity contribution in [1.82, 2.24) is 5.32 Å². The smallest absolute Gasteiger partial charge is 0.253 e. The lowest BCUT2D eigenvalue weighted by atomic mass is 10.1. The third-order valence-electron chi connectivity index (χ3n) is 3.37. The predicted octanol–water partition coefficient (Wildman–Crippen LogP) is 3.88. The molecule has 0 spiro atoms. The fourth-order valence-electron chi connectivity index (χ4n) is 2.12. The third-order valence-corrected chi connectivity index (χ3v) is 3.37. The molecule has 2 rings (SSSR count). The monoisotopic (exact) mass is 359 g/mol. The minimum atomic E-state index is -0.764. The van der Waals surface area contributed by atoms with Gasteiger partial charge in [0, 0.05) is 17.2 Å². The highest BCUT2D eigenvalue weighted by molar-refractivity contribution is 5.95. The molecule has 0 aliphatic heterocycles. The van der Waals surface area contributed by atoms with E-state index >= 15 is 0 Å². The predicted molar refractivity (Wildman–Crippen MR) is 98.1 cm³/mol. The molecule has 0 saturated heterocycles. The van der Waals surface area contributed by atoms with Gasteiger partial charge in [-0.1, -0.05) is 30.3 Å². The van der Waals surface area contributed by atoms with E-state index < -0.39 is 11.8 Å². The molecule has 1 N–H and O–H groups in total. The van der Waals surface area contributed by atoms with Gasteiger partial charge in [0.1, 0.15) is 11.5 Å². The molecule has 6 nitrogen and oxygen atoms in total. The van der Waals surface area contributed by atoms with E-state index in [2.05, 4.69) is 5.32 Å². The van der Waals surface area contributed by atoms with Gasteiger partial charge in [-0.25, -0.2) is 9.78 Å². The summed E-state index contributed by atoms with van der Waals surface area (Å²) in [4.78, 5) is 23.6. The summed E-state index contributed by atoms with van der Waals surface area (Å²) in [6.45, 7) is 5.59. The van der Waals surface area contributed by atoms with Crippen LogP contribution in [0.5, 0.6) is 11.5 Å². The molecule has 0 fully saturated rings. The van der Waals surface area contributed by atoms with E-state index in [0.29, 0.717) is 17.1 Å². The lowest BCUT2D eigenvalue weighted by Crippen LogP contribution is -2.33. The lowest BCUT2D eigenvalue weighted by molar-refractivity contribution is -0.379. The van der Waals surface area contributed by atoms with Crippen LogP contribution in [0.15, 0.2) is 48.5 Å². The molecule has 0 unspecified atom stereocenters. The third kappa shape index (κ3) is 5.75. The van der Waals surface area contributed by atoms with Crippen LogP contribution >= 0.6 is 0 Å². The van der Waals surface area contributed by atoms with Crippen LogP contribution in [0.4, 0.5) is 0 Å². The topological polar surface area (TPSA) is 66.0 Å². The Hall–Kier alpha value is -2.57. The Balaban J connectivity index is 2.23. The summed E-state index contributed by atoms with van der Waals surface area (Å²) < 4.78 is 10.4. The Kier molecular flexibility index (Phi) is 6.60. The van der Waals surface area contributed by atoms with Gasteiger partial charge < -0.3 is 14.8 Å². The largest absolute Gasteiger partial charge is 0.497 e. The van der Waals surface area contributed by atoms with E-state index in [0.717, 1.165) is 5.56 Å². The Morgan fingerprint density at radius 3 is 2.04 bits per heavy atom. The van der Waals surface area contributed by atoms with E-state index in [1.807, 2.05) is 51.1 Å². The Bertz CT molecular complexity index is 702. The van der Waals surface area contributed by atoms with Gasteiger partial charge in [-0.2, -0.15) is 0 Å². The molecule has 0 radical (unpaired) electrons. The average molecular weight is 359 g/mol. The van der Waals surface area contributed by atoms with Gasteiger partial charge in [0.15, 0.2) is 6.23 Å². The van der Waals surface area contributed by atoms with E-state index in [9.17, 15) is 4.79 Å². The van der Waals surface area contributed by atoms with Gasteiger partial charge in [0.05, 0.1) is 19.8 Å². The first-order chi connectivity index (χ1) is 12.3. The highest BCUT2D eigenvalue weighted by Crippen LogP contribution is 2.24. The zero-order chi connectivity index (χ0) is 19.2. The molecule has 0 saturated carbocycles. The van der Waals surface area contributed by atoms with E-state index in [4.69, 9.17) is 19.2 Å². The van der Waals surface area contributed by atoms with Crippen LogP contribution in [-0.4, -0.2) is 25.7 Å². The van der Waals surface area contributed by atoms with Crippen molar-refractivity contribution in [3.63, 3.8) is 0 Å². The highest BCUT2D eigenvalue weighted by Gasteiger charge is 2.21. The maximum atomic E-state index is 12.7. The van der Waals surface area contributed by atoms with Crippen molar-refractivity contribution in [2.45, 2.75) is 32.6 Å². The summed E-state index contributed by atoms with van der Waals surface area (Å²) in [5.41, 5.74) is 0.637. The fourth-order valence-corrected chi connectivity index (χ4v) is 2.12. The Morgan fingerprint density at radius 2 is 1.54 bits per heavy atom. The van der Waals surface area contributed by atoms with Gasteiger partial charge in [0.25, 0.3) is 5.91 Å². The zero-order valence-electron chi connectivity index (χ0n) is 15.7. The van der Waals surface area contributed by atoms with E-state index in [1.165, 1.54) is 14.2 Å². The van der Waals surface area contributed by atoms with Crippen molar-refractivity contribution in [1.29, 1.82) is 0 Å². The van der Waals surface area contributed by atoms with Crippen LogP contribution in [0.1, 0.15) is 42.9 Å². The van der Waals surface area contributed by atoms with Crippen molar-refractivity contribution >= 4 is 5.91 Å². The molecule has 0 aliphatic carbocycles. The van der Waals surface area contributed by atoms with Gasteiger partial charge in [-0.3, -0.25) is 4.79 Å². The van der Waals surface area contributed by atoms with Crippen LogP contribution < -0.4 is 14.8 Å². The zero-order valence-corrected chi connectivity index (χ0v) is 15.7. The van der Waals surface area contributed by atoms with Gasteiger partial charge in [0.2, 0.25) is 0 Å². The summed E-state index contributed by atoms with van der Waals surface area (Å²) in [5, 5.41) is 2.83.